The number of hydrogen-bond acceptors (Lipinski definition) is 3. The van der Waals surface area contributed by atoms with Crippen molar-refractivity contribution in [3.8, 4) is 11.8 Å². The zero-order valence-electron chi connectivity index (χ0n) is 20.6. The van der Waals surface area contributed by atoms with Crippen LogP contribution in [-0.4, -0.2) is 18.4 Å². The fraction of sp³-hybridized carbons (Fsp3) is 0.133. The number of benzene rings is 4. The molecule has 0 aliphatic heterocycles. The molecule has 0 saturated heterocycles. The van der Waals surface area contributed by atoms with E-state index in [1.54, 1.807) is 36.4 Å². The van der Waals surface area contributed by atoms with Crippen LogP contribution >= 0.6 is 0 Å². The predicted octanol–water partition coefficient (Wildman–Crippen LogP) is 6.99. The molecule has 10 heteroatoms. The van der Waals surface area contributed by atoms with Crippen LogP contribution in [0.1, 0.15) is 32.6 Å². The largest absolute Gasteiger partial charge is 0.461 e. The van der Waals surface area contributed by atoms with Crippen molar-refractivity contribution >= 4 is 5.91 Å². The number of rotatable bonds is 9. The second kappa shape index (κ2) is 11.5. The zero-order chi connectivity index (χ0) is 28.9. The van der Waals surface area contributed by atoms with Gasteiger partial charge in [-0.3, -0.25) is 4.79 Å². The summed E-state index contributed by atoms with van der Waals surface area (Å²) < 4.78 is 86.3. The highest BCUT2D eigenvalue weighted by Crippen LogP contribution is 2.38. The summed E-state index contributed by atoms with van der Waals surface area (Å²) in [6.07, 6.45) is -9.25. The first-order valence-corrected chi connectivity index (χ1v) is 11.8. The van der Waals surface area contributed by atoms with Gasteiger partial charge in [0.25, 0.3) is 5.91 Å². The number of hydrogen-bond donors (Lipinski definition) is 1. The van der Waals surface area contributed by atoms with Crippen LogP contribution in [0.2, 0.25) is 0 Å². The average molecular weight is 554 g/mol. The number of nitriles is 1. The van der Waals surface area contributed by atoms with Gasteiger partial charge in [-0.25, -0.2) is 8.78 Å². The van der Waals surface area contributed by atoms with Crippen molar-refractivity contribution in [3.63, 3.8) is 0 Å². The van der Waals surface area contributed by atoms with E-state index in [2.05, 4.69) is 10.1 Å². The monoisotopic (exact) mass is 554 g/mol. The van der Waals surface area contributed by atoms with E-state index in [9.17, 15) is 36.4 Å². The fourth-order valence-electron chi connectivity index (χ4n) is 4.31. The summed E-state index contributed by atoms with van der Waals surface area (Å²) in [4.78, 5) is 13.7. The molecule has 0 saturated carbocycles. The predicted molar refractivity (Wildman–Crippen MR) is 134 cm³/mol. The third-order valence-corrected chi connectivity index (χ3v) is 6.14. The number of ether oxygens (including phenoxy) is 1. The van der Waals surface area contributed by atoms with Gasteiger partial charge in [-0.05, 0) is 53.1 Å². The highest BCUT2D eigenvalue weighted by Gasteiger charge is 2.45. The summed E-state index contributed by atoms with van der Waals surface area (Å²) in [5.41, 5.74) is -1.17. The lowest BCUT2D eigenvalue weighted by molar-refractivity contribution is -0.253. The molecule has 40 heavy (non-hydrogen) atoms. The van der Waals surface area contributed by atoms with Gasteiger partial charge in [0.1, 0.15) is 17.4 Å². The first-order chi connectivity index (χ1) is 19.0. The molecule has 0 unspecified atom stereocenters. The van der Waals surface area contributed by atoms with E-state index in [1.165, 1.54) is 30.3 Å². The summed E-state index contributed by atoms with van der Waals surface area (Å²) in [5, 5.41) is 12.3. The molecule has 4 rings (SSSR count). The Balaban J connectivity index is 1.97. The Hall–Kier alpha value is -4.78. The molecule has 0 radical (unpaired) electrons. The van der Waals surface area contributed by atoms with Gasteiger partial charge in [0, 0.05) is 12.5 Å². The van der Waals surface area contributed by atoms with Crippen molar-refractivity contribution in [1.82, 2.24) is 5.32 Å². The number of carbonyl (C=O) groups is 1. The van der Waals surface area contributed by atoms with Crippen LogP contribution in [0.3, 0.4) is 0 Å². The second-order valence-electron chi connectivity index (χ2n) is 8.83. The lowest BCUT2D eigenvalue weighted by Crippen LogP contribution is -2.49. The minimum Gasteiger partial charge on any atom is -0.428 e. The lowest BCUT2D eigenvalue weighted by atomic mass is 9.77. The van der Waals surface area contributed by atoms with Crippen molar-refractivity contribution in [1.29, 1.82) is 5.26 Å². The number of carbonyl (C=O) groups excluding carboxylic acids is 1. The van der Waals surface area contributed by atoms with Crippen molar-refractivity contribution < 1.29 is 35.9 Å². The third kappa shape index (κ3) is 6.10. The zero-order valence-corrected chi connectivity index (χ0v) is 20.6. The van der Waals surface area contributed by atoms with Crippen molar-refractivity contribution in [2.45, 2.75) is 24.5 Å². The van der Waals surface area contributed by atoms with Crippen LogP contribution in [-0.2, 0) is 12.0 Å². The van der Waals surface area contributed by atoms with Gasteiger partial charge in [0.2, 0.25) is 0 Å². The maximum Gasteiger partial charge on any atom is 0.461 e. The van der Waals surface area contributed by atoms with E-state index in [0.717, 1.165) is 24.3 Å². The Morgan fingerprint density at radius 3 is 2.15 bits per heavy atom. The summed E-state index contributed by atoms with van der Waals surface area (Å²) in [5.74, 6) is -3.46. The van der Waals surface area contributed by atoms with Crippen LogP contribution in [0.4, 0.5) is 26.3 Å². The highest BCUT2D eigenvalue weighted by molar-refractivity contribution is 5.97. The first-order valence-electron chi connectivity index (χ1n) is 11.8. The molecule has 1 amide bonds. The minimum atomic E-state index is -4.93. The average Bonchev–Trinajstić information content (AvgIpc) is 2.93. The molecule has 204 valence electrons. The molecule has 0 aromatic heterocycles. The molecule has 4 nitrogen and oxygen atoms in total. The Kier molecular flexibility index (Phi) is 8.14. The van der Waals surface area contributed by atoms with Crippen molar-refractivity contribution in [3.05, 3.63) is 137 Å². The van der Waals surface area contributed by atoms with Gasteiger partial charge >= 0.3 is 12.5 Å². The van der Waals surface area contributed by atoms with Crippen molar-refractivity contribution in [2.75, 3.05) is 0 Å². The number of alkyl halides is 4. The first kappa shape index (κ1) is 28.2. The summed E-state index contributed by atoms with van der Waals surface area (Å²) >= 11 is 0. The lowest BCUT2D eigenvalue weighted by Gasteiger charge is -2.37. The molecule has 0 spiro atoms. The molecule has 0 heterocycles. The molecule has 0 aliphatic rings. The summed E-state index contributed by atoms with van der Waals surface area (Å²) in [6.45, 7) is 0. The molecule has 0 bridgehead atoms. The molecule has 1 N–H and O–H groups in total. The van der Waals surface area contributed by atoms with Crippen molar-refractivity contribution in [2.24, 2.45) is 0 Å². The Morgan fingerprint density at radius 2 is 1.50 bits per heavy atom. The Bertz CT molecular complexity index is 1540. The van der Waals surface area contributed by atoms with Gasteiger partial charge in [-0.1, -0.05) is 54.6 Å². The molecule has 4 aromatic carbocycles. The molecule has 0 aliphatic carbocycles. The number of amides is 1. The van der Waals surface area contributed by atoms with Crippen LogP contribution in [0.15, 0.2) is 97.1 Å². The van der Waals surface area contributed by atoms with E-state index in [4.69, 9.17) is 0 Å². The summed E-state index contributed by atoms with van der Waals surface area (Å²) in [7, 11) is 0. The topological polar surface area (TPSA) is 62.1 Å². The van der Waals surface area contributed by atoms with E-state index < -0.39 is 41.4 Å². The van der Waals surface area contributed by atoms with Gasteiger partial charge in [0.15, 0.2) is 0 Å². The van der Waals surface area contributed by atoms with E-state index in [1.807, 2.05) is 6.07 Å². The molecular weight excluding hydrogens is 534 g/mol. The standard InChI is InChI=1S/C30H20F6N2O2/c31-23-12-10-21(11-13-23)29(17-19-6-2-1-3-7-19,38-27(39)26-9-5-4-8-20(26)18-37)22-14-24(32)16-25(15-22)40-30(35,36)28(33)34/h1-16,28H,17H2,(H,38,39)/t29-/m1/s1. The van der Waals surface area contributed by atoms with Gasteiger partial charge in [-0.2, -0.15) is 22.8 Å². The smallest absolute Gasteiger partial charge is 0.428 e. The van der Waals surface area contributed by atoms with E-state index >= 15 is 0 Å². The molecule has 4 aromatic rings. The quantitative estimate of drug-likeness (QED) is 0.227. The minimum absolute atomic E-state index is 0.0209. The van der Waals surface area contributed by atoms with Crippen LogP contribution in [0, 0.1) is 23.0 Å². The molecular formula is C30H20F6N2O2. The Labute approximate surface area is 225 Å². The Morgan fingerprint density at radius 1 is 0.850 bits per heavy atom. The second-order valence-corrected chi connectivity index (χ2v) is 8.83. The molecule has 1 atom stereocenters. The van der Waals surface area contributed by atoms with Crippen LogP contribution in [0.5, 0.6) is 5.75 Å². The summed E-state index contributed by atoms with van der Waals surface area (Å²) in [6, 6.07) is 23.4. The number of nitrogens with zero attached hydrogens (tertiary/aromatic N) is 1. The van der Waals surface area contributed by atoms with Gasteiger partial charge < -0.3 is 10.1 Å². The van der Waals surface area contributed by atoms with E-state index in [0.29, 0.717) is 11.6 Å². The van der Waals surface area contributed by atoms with E-state index in [-0.39, 0.29) is 28.7 Å². The number of halogens is 6. The fourth-order valence-corrected chi connectivity index (χ4v) is 4.31. The third-order valence-electron chi connectivity index (χ3n) is 6.14. The highest BCUT2D eigenvalue weighted by atomic mass is 19.3. The van der Waals surface area contributed by atoms with Crippen LogP contribution in [0.25, 0.3) is 0 Å². The normalized spacial score (nSPS) is 12.8. The maximum absolute atomic E-state index is 14.9. The maximum atomic E-state index is 14.9. The van der Waals surface area contributed by atoms with Gasteiger partial charge in [0.05, 0.1) is 22.7 Å². The molecule has 0 fully saturated rings. The van der Waals surface area contributed by atoms with Gasteiger partial charge in [-0.15, -0.1) is 0 Å². The SMILES string of the molecule is N#Cc1ccccc1C(=O)N[C@](Cc1ccccc1)(c1ccc(F)cc1)c1cc(F)cc(OC(F)(F)C(F)F)c1. The number of nitrogens with one attached hydrogen (secondary N) is 1. The van der Waals surface area contributed by atoms with Crippen LogP contribution < -0.4 is 10.1 Å².